The number of hydrogen-bond acceptors (Lipinski definition) is 3. The molecule has 0 spiro atoms. The molecular formula is C13H13Cl2N3O2. The number of halogens is 2. The number of H-pyrrole nitrogens is 1. The summed E-state index contributed by atoms with van der Waals surface area (Å²) in [6.45, 7) is 0.899. The molecule has 1 heterocycles. The number of nitrogens with one attached hydrogen (secondary N) is 2. The number of nitrogens with zero attached hydrogens (tertiary/aromatic N) is 1. The predicted molar refractivity (Wildman–Crippen MR) is 78.3 cm³/mol. The molecule has 1 amide bonds. The van der Waals surface area contributed by atoms with Crippen molar-refractivity contribution in [3.8, 4) is 11.3 Å². The molecule has 1 aromatic heterocycles. The van der Waals surface area contributed by atoms with Gasteiger partial charge >= 0.3 is 0 Å². The molecule has 1 aromatic carbocycles. The average molecular weight is 314 g/mol. The maximum atomic E-state index is 11.8. The monoisotopic (exact) mass is 313 g/mol. The number of carbonyl (C=O) groups excluding carboxylic acids is 1. The number of aromatic nitrogens is 2. The van der Waals surface area contributed by atoms with Crippen LogP contribution in [0.1, 0.15) is 10.5 Å². The Morgan fingerprint density at radius 1 is 1.35 bits per heavy atom. The van der Waals surface area contributed by atoms with Crippen molar-refractivity contribution in [2.45, 2.75) is 0 Å². The highest BCUT2D eigenvalue weighted by Gasteiger charge is 2.11. The van der Waals surface area contributed by atoms with Crippen LogP contribution in [0.25, 0.3) is 11.3 Å². The van der Waals surface area contributed by atoms with E-state index in [-0.39, 0.29) is 5.91 Å². The van der Waals surface area contributed by atoms with Crippen molar-refractivity contribution >= 4 is 29.1 Å². The topological polar surface area (TPSA) is 67.0 Å². The minimum absolute atomic E-state index is 0.235. The Balaban J connectivity index is 2.12. The number of carbonyl (C=O) groups is 1. The minimum atomic E-state index is -0.235. The summed E-state index contributed by atoms with van der Waals surface area (Å²) in [4.78, 5) is 11.8. The van der Waals surface area contributed by atoms with Crippen molar-refractivity contribution in [1.82, 2.24) is 15.5 Å². The first-order valence-electron chi connectivity index (χ1n) is 5.90. The third-order valence-electron chi connectivity index (χ3n) is 2.63. The number of rotatable bonds is 5. The molecule has 20 heavy (non-hydrogen) atoms. The molecule has 0 saturated carbocycles. The molecule has 0 saturated heterocycles. The van der Waals surface area contributed by atoms with Gasteiger partial charge in [-0.3, -0.25) is 9.89 Å². The fourth-order valence-electron chi connectivity index (χ4n) is 1.60. The van der Waals surface area contributed by atoms with Crippen LogP contribution in [0.15, 0.2) is 24.3 Å². The Hall–Kier alpha value is -1.56. The largest absolute Gasteiger partial charge is 0.383 e. The normalized spacial score (nSPS) is 10.6. The molecule has 106 valence electrons. The maximum absolute atomic E-state index is 11.8. The lowest BCUT2D eigenvalue weighted by Gasteiger charge is -2.01. The molecule has 0 fully saturated rings. The fourth-order valence-corrected chi connectivity index (χ4v) is 1.90. The lowest BCUT2D eigenvalue weighted by atomic mass is 10.1. The molecular weight excluding hydrogens is 301 g/mol. The van der Waals surface area contributed by atoms with Gasteiger partial charge in [0, 0.05) is 19.2 Å². The van der Waals surface area contributed by atoms with Crippen molar-refractivity contribution in [2.24, 2.45) is 0 Å². The van der Waals surface area contributed by atoms with Crippen LogP contribution in [0, 0.1) is 0 Å². The van der Waals surface area contributed by atoms with Gasteiger partial charge in [-0.15, -0.1) is 0 Å². The first kappa shape index (κ1) is 14.8. The Morgan fingerprint density at radius 2 is 2.15 bits per heavy atom. The maximum Gasteiger partial charge on any atom is 0.269 e. The fraction of sp³-hybridized carbons (Fsp3) is 0.231. The molecule has 0 unspecified atom stereocenters. The molecule has 5 nitrogen and oxygen atoms in total. The summed E-state index contributed by atoms with van der Waals surface area (Å²) < 4.78 is 4.86. The van der Waals surface area contributed by atoms with Crippen molar-refractivity contribution in [2.75, 3.05) is 20.3 Å². The zero-order valence-corrected chi connectivity index (χ0v) is 12.3. The van der Waals surface area contributed by atoms with Gasteiger partial charge in [0.1, 0.15) is 5.69 Å². The Labute approximate surface area is 126 Å². The number of methoxy groups -OCH3 is 1. The van der Waals surface area contributed by atoms with Gasteiger partial charge < -0.3 is 10.1 Å². The van der Waals surface area contributed by atoms with E-state index in [2.05, 4.69) is 15.5 Å². The number of amides is 1. The zero-order chi connectivity index (χ0) is 14.5. The van der Waals surface area contributed by atoms with Crippen LogP contribution in [0.4, 0.5) is 0 Å². The second kappa shape index (κ2) is 6.74. The molecule has 2 N–H and O–H groups in total. The smallest absolute Gasteiger partial charge is 0.269 e. The Kier molecular flexibility index (Phi) is 5.00. The van der Waals surface area contributed by atoms with Gasteiger partial charge in [-0.2, -0.15) is 5.10 Å². The van der Waals surface area contributed by atoms with E-state index < -0.39 is 0 Å². The summed E-state index contributed by atoms with van der Waals surface area (Å²) in [5.74, 6) is -0.235. The first-order valence-corrected chi connectivity index (χ1v) is 6.65. The molecule has 0 aliphatic heterocycles. The number of aromatic amines is 1. The van der Waals surface area contributed by atoms with Gasteiger partial charge in [0.05, 0.1) is 22.3 Å². The third kappa shape index (κ3) is 3.50. The highest BCUT2D eigenvalue weighted by atomic mass is 35.5. The van der Waals surface area contributed by atoms with E-state index in [1.165, 1.54) is 0 Å². The predicted octanol–water partition coefficient (Wildman–Crippen LogP) is 2.76. The lowest BCUT2D eigenvalue weighted by molar-refractivity contribution is 0.0932. The van der Waals surface area contributed by atoms with Gasteiger partial charge in [-0.05, 0) is 18.2 Å². The molecule has 0 atom stereocenters. The van der Waals surface area contributed by atoms with Gasteiger partial charge in [0.2, 0.25) is 0 Å². The molecule has 7 heteroatoms. The van der Waals surface area contributed by atoms with E-state index in [9.17, 15) is 4.79 Å². The summed E-state index contributed by atoms with van der Waals surface area (Å²) >= 11 is 11.8. The summed E-state index contributed by atoms with van der Waals surface area (Å²) in [6.07, 6.45) is 0. The van der Waals surface area contributed by atoms with Crippen molar-refractivity contribution in [3.63, 3.8) is 0 Å². The summed E-state index contributed by atoms with van der Waals surface area (Å²) in [5, 5.41) is 10.4. The highest BCUT2D eigenvalue weighted by molar-refractivity contribution is 6.42. The molecule has 0 aliphatic carbocycles. The summed E-state index contributed by atoms with van der Waals surface area (Å²) in [7, 11) is 1.57. The average Bonchev–Trinajstić information content (AvgIpc) is 2.92. The SMILES string of the molecule is COCCNC(=O)c1cc(-c2ccc(Cl)c(Cl)c2)n[nH]1. The molecule has 0 bridgehead atoms. The third-order valence-corrected chi connectivity index (χ3v) is 3.37. The van der Waals surface area contributed by atoms with E-state index in [0.717, 1.165) is 5.56 Å². The minimum Gasteiger partial charge on any atom is -0.383 e. The van der Waals surface area contributed by atoms with Crippen LogP contribution < -0.4 is 5.32 Å². The first-order chi connectivity index (χ1) is 9.61. The number of hydrogen-bond donors (Lipinski definition) is 2. The summed E-state index contributed by atoms with van der Waals surface area (Å²) in [5.41, 5.74) is 1.79. The van der Waals surface area contributed by atoms with E-state index in [4.69, 9.17) is 27.9 Å². The van der Waals surface area contributed by atoms with Crippen molar-refractivity contribution in [3.05, 3.63) is 40.0 Å². The van der Waals surface area contributed by atoms with Crippen molar-refractivity contribution < 1.29 is 9.53 Å². The van der Waals surface area contributed by atoms with Crippen LogP contribution in [-0.2, 0) is 4.74 Å². The van der Waals surface area contributed by atoms with E-state index in [1.54, 1.807) is 31.4 Å². The quantitative estimate of drug-likeness (QED) is 0.834. The standard InChI is InChI=1S/C13H13Cl2N3O2/c1-20-5-4-16-13(19)12-7-11(17-18-12)8-2-3-9(14)10(15)6-8/h2-3,6-7H,4-5H2,1H3,(H,16,19)(H,17,18). The number of benzene rings is 1. The zero-order valence-electron chi connectivity index (χ0n) is 10.7. The van der Waals surface area contributed by atoms with Gasteiger partial charge in [0.25, 0.3) is 5.91 Å². The second-order valence-corrected chi connectivity index (χ2v) is 4.86. The van der Waals surface area contributed by atoms with E-state index in [1.807, 2.05) is 0 Å². The van der Waals surface area contributed by atoms with Crippen LogP contribution in [0.2, 0.25) is 10.0 Å². The molecule has 2 aromatic rings. The molecule has 0 radical (unpaired) electrons. The second-order valence-electron chi connectivity index (χ2n) is 4.04. The van der Waals surface area contributed by atoms with Crippen LogP contribution in [-0.4, -0.2) is 36.4 Å². The van der Waals surface area contributed by atoms with E-state index in [0.29, 0.717) is 34.6 Å². The molecule has 0 aliphatic rings. The Bertz CT molecular complexity index is 613. The molecule has 2 rings (SSSR count). The van der Waals surface area contributed by atoms with Crippen LogP contribution in [0.3, 0.4) is 0 Å². The van der Waals surface area contributed by atoms with Crippen molar-refractivity contribution in [1.29, 1.82) is 0 Å². The van der Waals surface area contributed by atoms with Gasteiger partial charge in [-0.1, -0.05) is 29.3 Å². The number of ether oxygens (including phenoxy) is 1. The van der Waals surface area contributed by atoms with Gasteiger partial charge in [0.15, 0.2) is 0 Å². The van der Waals surface area contributed by atoms with Gasteiger partial charge in [-0.25, -0.2) is 0 Å². The van der Waals surface area contributed by atoms with Crippen LogP contribution in [0.5, 0.6) is 0 Å². The Morgan fingerprint density at radius 3 is 2.85 bits per heavy atom. The highest BCUT2D eigenvalue weighted by Crippen LogP contribution is 2.27. The summed E-state index contributed by atoms with van der Waals surface area (Å²) in [6, 6.07) is 6.83. The van der Waals surface area contributed by atoms with Crippen LogP contribution >= 0.6 is 23.2 Å². The van der Waals surface area contributed by atoms with E-state index >= 15 is 0 Å². The lowest BCUT2D eigenvalue weighted by Crippen LogP contribution is -2.27.